The molecule has 1 heterocycles. The van der Waals surface area contributed by atoms with Gasteiger partial charge in [-0.25, -0.2) is 9.52 Å². The molecule has 0 saturated heterocycles. The quantitative estimate of drug-likeness (QED) is 0.766. The van der Waals surface area contributed by atoms with Gasteiger partial charge in [0.25, 0.3) is 0 Å². The van der Waals surface area contributed by atoms with Crippen molar-refractivity contribution in [2.75, 3.05) is 20.7 Å². The largest absolute Gasteiger partial charge is 0.452 e. The lowest BCUT2D eigenvalue weighted by atomic mass is 10.3. The van der Waals surface area contributed by atoms with E-state index in [1.165, 1.54) is 18.4 Å². The monoisotopic (exact) mass is 317 g/mol. The van der Waals surface area contributed by atoms with Crippen molar-refractivity contribution in [3.05, 3.63) is 21.9 Å². The Labute approximate surface area is 121 Å². The van der Waals surface area contributed by atoms with Gasteiger partial charge in [0.1, 0.15) is 0 Å². The van der Waals surface area contributed by atoms with E-state index in [1.54, 1.807) is 16.2 Å². The Morgan fingerprint density at radius 3 is 2.90 bits per heavy atom. The number of ether oxygens (including phenoxy) is 1. The molecule has 110 valence electrons. The van der Waals surface area contributed by atoms with Crippen LogP contribution < -0.4 is 10.5 Å². The van der Waals surface area contributed by atoms with Crippen LogP contribution in [0.2, 0.25) is 0 Å². The molecular formula is C11H15N3O4S2. The Kier molecular flexibility index (Phi) is 5.97. The highest BCUT2D eigenvalue weighted by Gasteiger charge is 2.21. The molecule has 0 aromatic carbocycles. The van der Waals surface area contributed by atoms with Gasteiger partial charge in [0.05, 0.1) is 18.5 Å². The van der Waals surface area contributed by atoms with Gasteiger partial charge in [-0.15, -0.1) is 11.3 Å². The fourth-order valence-electron chi connectivity index (χ4n) is 1.23. The molecule has 9 heteroatoms. The molecular weight excluding hydrogens is 302 g/mol. The summed E-state index contributed by atoms with van der Waals surface area (Å²) >= 11 is 1.40. The van der Waals surface area contributed by atoms with Crippen LogP contribution >= 0.6 is 11.3 Å². The smallest absolute Gasteiger partial charge is 0.421 e. The van der Waals surface area contributed by atoms with Crippen molar-refractivity contribution in [2.45, 2.75) is 6.54 Å². The van der Waals surface area contributed by atoms with Crippen molar-refractivity contribution in [3.8, 4) is 11.8 Å². The zero-order valence-electron chi connectivity index (χ0n) is 11.0. The number of hydrogen-bond acceptors (Lipinski definition) is 6. The molecule has 0 aliphatic rings. The van der Waals surface area contributed by atoms with Crippen molar-refractivity contribution < 1.29 is 17.9 Å². The summed E-state index contributed by atoms with van der Waals surface area (Å²) in [6.45, 7) is 0.387. The standard InChI is InChI=1S/C11H15N3O4S2/c1-14(20(16,17)13-11(15)18-2)7-9-6-10(19-8-9)4-3-5-12/h6,8H,5,7,12H2,1-2H3,(H,13,15). The average molecular weight is 317 g/mol. The van der Waals surface area contributed by atoms with Gasteiger partial charge in [0, 0.05) is 13.6 Å². The lowest BCUT2D eigenvalue weighted by Gasteiger charge is -2.16. The van der Waals surface area contributed by atoms with Gasteiger partial charge >= 0.3 is 16.3 Å². The Bertz CT molecular complexity index is 628. The summed E-state index contributed by atoms with van der Waals surface area (Å²) in [6, 6.07) is 1.78. The lowest BCUT2D eigenvalue weighted by molar-refractivity contribution is 0.177. The second-order valence-electron chi connectivity index (χ2n) is 3.68. The second-order valence-corrected chi connectivity index (χ2v) is 6.37. The first kappa shape index (κ1) is 16.5. The van der Waals surface area contributed by atoms with Crippen LogP contribution in [0.15, 0.2) is 11.4 Å². The van der Waals surface area contributed by atoms with Gasteiger partial charge in [-0.2, -0.15) is 12.7 Å². The van der Waals surface area contributed by atoms with Crippen LogP contribution in [0.5, 0.6) is 0 Å². The molecule has 1 aromatic heterocycles. The number of carbonyl (C=O) groups excluding carboxylic acids is 1. The van der Waals surface area contributed by atoms with Gasteiger partial charge in [0.15, 0.2) is 0 Å². The van der Waals surface area contributed by atoms with Gasteiger partial charge in [0.2, 0.25) is 0 Å². The molecule has 3 N–H and O–H groups in total. The normalized spacial score (nSPS) is 10.8. The van der Waals surface area contributed by atoms with E-state index in [0.29, 0.717) is 0 Å². The van der Waals surface area contributed by atoms with Crippen LogP contribution in [-0.2, 0) is 21.5 Å². The van der Waals surface area contributed by atoms with Crippen molar-refractivity contribution >= 4 is 27.6 Å². The number of hydrogen-bond donors (Lipinski definition) is 2. The van der Waals surface area contributed by atoms with E-state index in [2.05, 4.69) is 16.6 Å². The van der Waals surface area contributed by atoms with E-state index in [9.17, 15) is 13.2 Å². The molecule has 1 aromatic rings. The fraction of sp³-hybridized carbons (Fsp3) is 0.364. The first-order valence-electron chi connectivity index (χ1n) is 5.47. The summed E-state index contributed by atoms with van der Waals surface area (Å²) in [5, 5.41) is 1.80. The highest BCUT2D eigenvalue weighted by atomic mass is 32.2. The van der Waals surface area contributed by atoms with E-state index in [-0.39, 0.29) is 13.1 Å². The van der Waals surface area contributed by atoms with Crippen LogP contribution in [-0.4, -0.2) is 39.5 Å². The molecule has 0 fully saturated rings. The minimum Gasteiger partial charge on any atom is -0.452 e. The Morgan fingerprint density at radius 1 is 1.60 bits per heavy atom. The highest BCUT2D eigenvalue weighted by molar-refractivity contribution is 7.87. The number of nitrogens with two attached hydrogens (primary N) is 1. The number of methoxy groups -OCH3 is 1. The molecule has 20 heavy (non-hydrogen) atoms. The number of amides is 1. The topological polar surface area (TPSA) is 102 Å². The summed E-state index contributed by atoms with van der Waals surface area (Å²) in [7, 11) is -1.48. The molecule has 7 nitrogen and oxygen atoms in total. The lowest BCUT2D eigenvalue weighted by Crippen LogP contribution is -2.40. The number of carbonyl (C=O) groups is 1. The second kappa shape index (κ2) is 7.25. The predicted octanol–water partition coefficient (Wildman–Crippen LogP) is 0.0909. The Morgan fingerprint density at radius 2 is 2.30 bits per heavy atom. The van der Waals surface area contributed by atoms with Crippen molar-refractivity contribution in [1.82, 2.24) is 9.03 Å². The van der Waals surface area contributed by atoms with Crippen LogP contribution in [0.1, 0.15) is 10.4 Å². The Hall–Kier alpha value is -1.60. The van der Waals surface area contributed by atoms with Crippen LogP contribution in [0.25, 0.3) is 0 Å². The molecule has 1 amide bonds. The molecule has 0 atom stereocenters. The predicted molar refractivity (Wildman–Crippen MR) is 76.2 cm³/mol. The highest BCUT2D eigenvalue weighted by Crippen LogP contribution is 2.15. The van der Waals surface area contributed by atoms with E-state index in [1.807, 2.05) is 0 Å². The summed E-state index contributed by atoms with van der Waals surface area (Å²) in [5.41, 5.74) is 6.04. The maximum Gasteiger partial charge on any atom is 0.421 e. The third-order valence-corrected chi connectivity index (χ3v) is 4.45. The fourth-order valence-corrected chi connectivity index (χ4v) is 2.77. The minimum atomic E-state index is -3.92. The third-order valence-electron chi connectivity index (χ3n) is 2.18. The molecule has 0 saturated carbocycles. The Balaban J connectivity index is 2.72. The summed E-state index contributed by atoms with van der Waals surface area (Å²) in [4.78, 5) is 11.7. The molecule has 0 unspecified atom stereocenters. The molecule has 0 radical (unpaired) electrons. The van der Waals surface area contributed by atoms with Crippen LogP contribution in [0.4, 0.5) is 4.79 Å². The summed E-state index contributed by atoms with van der Waals surface area (Å²) in [6.07, 6.45) is -1.03. The van der Waals surface area contributed by atoms with Crippen LogP contribution in [0.3, 0.4) is 0 Å². The molecule has 0 aliphatic heterocycles. The van der Waals surface area contributed by atoms with Gasteiger partial charge in [-0.3, -0.25) is 0 Å². The average Bonchev–Trinajstić information content (AvgIpc) is 2.83. The van der Waals surface area contributed by atoms with E-state index < -0.39 is 16.3 Å². The van der Waals surface area contributed by atoms with E-state index in [0.717, 1.165) is 21.9 Å². The zero-order valence-corrected chi connectivity index (χ0v) is 12.7. The number of rotatable bonds is 4. The molecule has 1 rings (SSSR count). The molecule has 0 bridgehead atoms. The number of nitrogens with zero attached hydrogens (tertiary/aromatic N) is 1. The minimum absolute atomic E-state index is 0.118. The molecule has 0 spiro atoms. The zero-order chi connectivity index (χ0) is 15.2. The SMILES string of the molecule is COC(=O)NS(=O)(=O)N(C)Cc1csc(C#CCN)c1. The van der Waals surface area contributed by atoms with E-state index >= 15 is 0 Å². The molecule has 0 aliphatic carbocycles. The van der Waals surface area contributed by atoms with Crippen molar-refractivity contribution in [3.63, 3.8) is 0 Å². The maximum atomic E-state index is 11.8. The van der Waals surface area contributed by atoms with Crippen molar-refractivity contribution in [1.29, 1.82) is 0 Å². The summed E-state index contributed by atoms with van der Waals surface area (Å²) < 4.78 is 30.5. The first-order valence-corrected chi connectivity index (χ1v) is 7.79. The maximum absolute atomic E-state index is 11.8. The van der Waals surface area contributed by atoms with Gasteiger partial charge in [-0.1, -0.05) is 11.8 Å². The number of nitrogens with one attached hydrogen (secondary N) is 1. The summed E-state index contributed by atoms with van der Waals surface area (Å²) in [5.74, 6) is 5.58. The number of thiophene rings is 1. The van der Waals surface area contributed by atoms with Gasteiger partial charge < -0.3 is 10.5 Å². The van der Waals surface area contributed by atoms with Crippen molar-refractivity contribution in [2.24, 2.45) is 5.73 Å². The third kappa shape index (κ3) is 4.82. The van der Waals surface area contributed by atoms with E-state index in [4.69, 9.17) is 5.73 Å². The van der Waals surface area contributed by atoms with Gasteiger partial charge in [-0.05, 0) is 17.0 Å². The van der Waals surface area contributed by atoms with Crippen LogP contribution in [0, 0.1) is 11.8 Å². The first-order chi connectivity index (χ1) is 9.39.